The molecule has 0 unspecified atom stereocenters. The van der Waals surface area contributed by atoms with Crippen LogP contribution in [0, 0.1) is 0 Å². The maximum absolute atomic E-state index is 5.98. The van der Waals surface area contributed by atoms with E-state index in [-0.39, 0.29) is 0 Å². The summed E-state index contributed by atoms with van der Waals surface area (Å²) in [4.78, 5) is 4.53. The van der Waals surface area contributed by atoms with E-state index in [1.54, 1.807) is 18.4 Å². The summed E-state index contributed by atoms with van der Waals surface area (Å²) in [5.41, 5.74) is 2.06. The molecule has 3 nitrogen and oxygen atoms in total. The third-order valence-corrected chi connectivity index (χ3v) is 4.18. The monoisotopic (exact) mass is 304 g/mol. The SMILES string of the molecule is COc1ccccc1CNc1nc2ccc(Cl)cc2s1. The minimum absolute atomic E-state index is 0.678. The molecule has 0 radical (unpaired) electrons. The maximum atomic E-state index is 5.98. The Bertz CT molecular complexity index is 742. The third-order valence-electron chi connectivity index (χ3n) is 2.97. The highest BCUT2D eigenvalue weighted by Gasteiger charge is 2.06. The van der Waals surface area contributed by atoms with E-state index >= 15 is 0 Å². The van der Waals surface area contributed by atoms with Crippen molar-refractivity contribution in [2.24, 2.45) is 0 Å². The molecule has 3 aromatic rings. The van der Waals surface area contributed by atoms with Crippen molar-refractivity contribution in [3.05, 3.63) is 53.1 Å². The molecule has 0 spiro atoms. The molecule has 0 fully saturated rings. The molecule has 0 saturated carbocycles. The van der Waals surface area contributed by atoms with Crippen LogP contribution in [0.25, 0.3) is 10.2 Å². The molecular weight excluding hydrogens is 292 g/mol. The van der Waals surface area contributed by atoms with Crippen molar-refractivity contribution in [1.29, 1.82) is 0 Å². The molecule has 0 atom stereocenters. The number of ether oxygens (including phenoxy) is 1. The van der Waals surface area contributed by atoms with Gasteiger partial charge in [-0.05, 0) is 24.3 Å². The number of hydrogen-bond acceptors (Lipinski definition) is 4. The molecule has 2 aromatic carbocycles. The molecule has 3 rings (SSSR count). The number of benzene rings is 2. The Morgan fingerprint density at radius 1 is 1.25 bits per heavy atom. The largest absolute Gasteiger partial charge is 0.496 e. The van der Waals surface area contributed by atoms with Crippen LogP contribution in [0.3, 0.4) is 0 Å². The van der Waals surface area contributed by atoms with Gasteiger partial charge in [0.2, 0.25) is 0 Å². The first-order valence-corrected chi connectivity index (χ1v) is 7.37. The lowest BCUT2D eigenvalue weighted by molar-refractivity contribution is 0.410. The maximum Gasteiger partial charge on any atom is 0.184 e. The van der Waals surface area contributed by atoms with Crippen LogP contribution in [-0.4, -0.2) is 12.1 Å². The molecule has 1 aromatic heterocycles. The van der Waals surface area contributed by atoms with Crippen LogP contribution in [0.4, 0.5) is 5.13 Å². The van der Waals surface area contributed by atoms with Crippen molar-refractivity contribution in [3.8, 4) is 5.75 Å². The molecule has 0 aliphatic heterocycles. The zero-order valence-electron chi connectivity index (χ0n) is 10.9. The lowest BCUT2D eigenvalue weighted by atomic mass is 10.2. The van der Waals surface area contributed by atoms with Gasteiger partial charge < -0.3 is 10.1 Å². The van der Waals surface area contributed by atoms with Crippen LogP contribution < -0.4 is 10.1 Å². The fourth-order valence-electron chi connectivity index (χ4n) is 1.99. The lowest BCUT2D eigenvalue weighted by Gasteiger charge is -2.08. The fourth-order valence-corrected chi connectivity index (χ4v) is 3.13. The van der Waals surface area contributed by atoms with Gasteiger partial charge in [0.25, 0.3) is 0 Å². The molecular formula is C15H13ClN2OS. The Balaban J connectivity index is 1.79. The summed E-state index contributed by atoms with van der Waals surface area (Å²) in [6, 6.07) is 13.7. The number of halogens is 1. The van der Waals surface area contributed by atoms with Gasteiger partial charge in [-0.25, -0.2) is 4.98 Å². The van der Waals surface area contributed by atoms with Gasteiger partial charge in [0.15, 0.2) is 5.13 Å². The first-order valence-electron chi connectivity index (χ1n) is 6.18. The van der Waals surface area contributed by atoms with Crippen molar-refractivity contribution in [2.75, 3.05) is 12.4 Å². The van der Waals surface area contributed by atoms with Gasteiger partial charge in [0, 0.05) is 17.1 Å². The minimum atomic E-state index is 0.678. The van der Waals surface area contributed by atoms with E-state index in [0.717, 1.165) is 31.7 Å². The van der Waals surface area contributed by atoms with E-state index in [4.69, 9.17) is 16.3 Å². The number of nitrogens with one attached hydrogen (secondary N) is 1. The molecule has 0 aliphatic rings. The summed E-state index contributed by atoms with van der Waals surface area (Å²) >= 11 is 7.58. The Kier molecular flexibility index (Phi) is 3.76. The van der Waals surface area contributed by atoms with Gasteiger partial charge in [-0.15, -0.1) is 0 Å². The van der Waals surface area contributed by atoms with E-state index in [0.29, 0.717) is 6.54 Å². The van der Waals surface area contributed by atoms with E-state index < -0.39 is 0 Å². The summed E-state index contributed by atoms with van der Waals surface area (Å²) in [7, 11) is 1.68. The summed E-state index contributed by atoms with van der Waals surface area (Å²) in [6.45, 7) is 0.678. The summed E-state index contributed by atoms with van der Waals surface area (Å²) < 4.78 is 6.42. The molecule has 1 heterocycles. The van der Waals surface area contributed by atoms with Crippen LogP contribution in [0.15, 0.2) is 42.5 Å². The van der Waals surface area contributed by atoms with Crippen LogP contribution in [0.1, 0.15) is 5.56 Å². The highest BCUT2D eigenvalue weighted by molar-refractivity contribution is 7.22. The molecule has 0 bridgehead atoms. The van der Waals surface area contributed by atoms with Gasteiger partial charge in [-0.1, -0.05) is 41.1 Å². The van der Waals surface area contributed by atoms with Crippen molar-refractivity contribution in [3.63, 3.8) is 0 Å². The number of methoxy groups -OCH3 is 1. The second kappa shape index (κ2) is 5.69. The van der Waals surface area contributed by atoms with E-state index in [9.17, 15) is 0 Å². The highest BCUT2D eigenvalue weighted by Crippen LogP contribution is 2.29. The first-order chi connectivity index (χ1) is 9.76. The Morgan fingerprint density at radius 3 is 2.95 bits per heavy atom. The Morgan fingerprint density at radius 2 is 2.10 bits per heavy atom. The number of para-hydroxylation sites is 1. The number of rotatable bonds is 4. The normalized spacial score (nSPS) is 10.7. The molecule has 0 saturated heterocycles. The minimum Gasteiger partial charge on any atom is -0.496 e. The molecule has 20 heavy (non-hydrogen) atoms. The number of nitrogens with zero attached hydrogens (tertiary/aromatic N) is 1. The van der Waals surface area contributed by atoms with E-state index in [1.165, 1.54) is 0 Å². The van der Waals surface area contributed by atoms with Gasteiger partial charge in [-0.3, -0.25) is 0 Å². The summed E-state index contributed by atoms with van der Waals surface area (Å²) in [5, 5.41) is 4.95. The van der Waals surface area contributed by atoms with Crippen molar-refractivity contribution in [1.82, 2.24) is 4.98 Å². The van der Waals surface area contributed by atoms with Gasteiger partial charge in [0.1, 0.15) is 5.75 Å². The topological polar surface area (TPSA) is 34.1 Å². The number of fused-ring (bicyclic) bond motifs is 1. The standard InChI is InChI=1S/C15H13ClN2OS/c1-19-13-5-3-2-4-10(13)9-17-15-18-12-7-6-11(16)8-14(12)20-15/h2-8H,9H2,1H3,(H,17,18). The molecule has 5 heteroatoms. The zero-order chi connectivity index (χ0) is 13.9. The number of aromatic nitrogens is 1. The van der Waals surface area contributed by atoms with Crippen LogP contribution in [0.5, 0.6) is 5.75 Å². The third kappa shape index (κ3) is 2.71. The Hall–Kier alpha value is -1.78. The van der Waals surface area contributed by atoms with E-state index in [1.807, 2.05) is 42.5 Å². The highest BCUT2D eigenvalue weighted by atomic mass is 35.5. The molecule has 102 valence electrons. The average Bonchev–Trinajstić information content (AvgIpc) is 2.87. The number of thiazole rings is 1. The molecule has 1 N–H and O–H groups in total. The van der Waals surface area contributed by atoms with Crippen LogP contribution >= 0.6 is 22.9 Å². The molecule has 0 aliphatic carbocycles. The molecule has 0 amide bonds. The van der Waals surface area contributed by atoms with Crippen molar-refractivity contribution >= 4 is 38.3 Å². The second-order valence-corrected chi connectivity index (χ2v) is 5.76. The fraction of sp³-hybridized carbons (Fsp3) is 0.133. The van der Waals surface area contributed by atoms with Gasteiger partial charge >= 0.3 is 0 Å². The van der Waals surface area contributed by atoms with E-state index in [2.05, 4.69) is 10.3 Å². The van der Waals surface area contributed by atoms with Crippen LogP contribution in [-0.2, 0) is 6.54 Å². The summed E-state index contributed by atoms with van der Waals surface area (Å²) in [6.07, 6.45) is 0. The second-order valence-electron chi connectivity index (χ2n) is 4.30. The quantitative estimate of drug-likeness (QED) is 0.766. The predicted octanol–water partition coefficient (Wildman–Crippen LogP) is 4.57. The van der Waals surface area contributed by atoms with Gasteiger partial charge in [-0.2, -0.15) is 0 Å². The predicted molar refractivity (Wildman–Crippen MR) is 85.0 cm³/mol. The van der Waals surface area contributed by atoms with Gasteiger partial charge in [0.05, 0.1) is 17.3 Å². The van der Waals surface area contributed by atoms with Crippen LogP contribution in [0.2, 0.25) is 5.02 Å². The first kappa shape index (κ1) is 13.2. The Labute approximate surface area is 126 Å². The number of hydrogen-bond donors (Lipinski definition) is 1. The smallest absolute Gasteiger partial charge is 0.184 e. The van der Waals surface area contributed by atoms with Crippen molar-refractivity contribution in [2.45, 2.75) is 6.54 Å². The summed E-state index contributed by atoms with van der Waals surface area (Å²) in [5.74, 6) is 0.879. The zero-order valence-corrected chi connectivity index (χ0v) is 12.5. The average molecular weight is 305 g/mol. The van der Waals surface area contributed by atoms with Crippen molar-refractivity contribution < 1.29 is 4.74 Å². The number of anilines is 1. The lowest BCUT2D eigenvalue weighted by Crippen LogP contribution is -2.00.